The number of nitrogens with one attached hydrogen (secondary N) is 1. The van der Waals surface area contributed by atoms with Gasteiger partial charge in [-0.15, -0.1) is 0 Å². The molecule has 134 valence electrons. The van der Waals surface area contributed by atoms with Crippen molar-refractivity contribution in [3.63, 3.8) is 0 Å². The first kappa shape index (κ1) is 17.7. The summed E-state index contributed by atoms with van der Waals surface area (Å²) in [6.07, 6.45) is -2.81. The van der Waals surface area contributed by atoms with E-state index in [4.69, 9.17) is 11.6 Å². The number of amides is 1. The van der Waals surface area contributed by atoms with Crippen LogP contribution in [0.5, 0.6) is 0 Å². The predicted molar refractivity (Wildman–Crippen MR) is 88.4 cm³/mol. The zero-order valence-corrected chi connectivity index (χ0v) is 14.1. The maximum atomic E-state index is 13.1. The molecule has 3 rings (SSSR count). The Balaban J connectivity index is 1.80. The van der Waals surface area contributed by atoms with E-state index in [9.17, 15) is 18.0 Å². The van der Waals surface area contributed by atoms with Crippen molar-refractivity contribution in [2.24, 2.45) is 0 Å². The number of anilines is 1. The van der Waals surface area contributed by atoms with Crippen LogP contribution in [0, 0.1) is 0 Å². The summed E-state index contributed by atoms with van der Waals surface area (Å²) in [5.74, 6) is -0.217. The summed E-state index contributed by atoms with van der Waals surface area (Å²) in [5, 5.41) is 4.05. The van der Waals surface area contributed by atoms with Gasteiger partial charge in [0.25, 0.3) is 0 Å². The summed E-state index contributed by atoms with van der Waals surface area (Å²) in [6.45, 7) is 1.63. The van der Waals surface area contributed by atoms with Crippen LogP contribution in [0.3, 0.4) is 0 Å². The second-order valence-electron chi connectivity index (χ2n) is 5.98. The first-order valence-electron chi connectivity index (χ1n) is 7.81. The van der Waals surface area contributed by atoms with E-state index in [1.54, 1.807) is 18.2 Å². The SMILES string of the molecule is C[C@@H](Nc1ncnc2cc(Cl)ccc12)C(=O)N1CCCC1C(F)(F)F. The molecule has 0 aliphatic carbocycles. The van der Waals surface area contributed by atoms with Crippen LogP contribution in [0.2, 0.25) is 5.02 Å². The van der Waals surface area contributed by atoms with Crippen molar-refractivity contribution >= 4 is 34.2 Å². The Hall–Kier alpha value is -2.09. The highest BCUT2D eigenvalue weighted by Gasteiger charge is 2.48. The van der Waals surface area contributed by atoms with E-state index in [1.807, 2.05) is 0 Å². The Bertz CT molecular complexity index is 799. The van der Waals surface area contributed by atoms with Crippen LogP contribution in [0.25, 0.3) is 10.9 Å². The standard InChI is InChI=1S/C16H16ClF3N4O/c1-9(15(25)24-6-2-3-13(24)16(18,19)20)23-14-11-5-4-10(17)7-12(11)21-8-22-14/h4-5,7-9,13H,2-3,6H2,1H3,(H,21,22,23)/t9-,13?/m1/s1. The molecule has 0 radical (unpaired) electrons. The minimum absolute atomic E-state index is 0.0586. The molecule has 2 heterocycles. The number of hydrogen-bond acceptors (Lipinski definition) is 4. The fraction of sp³-hybridized carbons (Fsp3) is 0.438. The molecule has 1 aromatic carbocycles. The van der Waals surface area contributed by atoms with E-state index in [0.29, 0.717) is 28.2 Å². The van der Waals surface area contributed by atoms with Crippen molar-refractivity contribution in [2.75, 3.05) is 11.9 Å². The van der Waals surface area contributed by atoms with Gasteiger partial charge in [0.15, 0.2) is 0 Å². The van der Waals surface area contributed by atoms with Crippen LogP contribution in [-0.4, -0.2) is 45.6 Å². The first-order valence-corrected chi connectivity index (χ1v) is 8.19. The molecule has 9 heteroatoms. The van der Waals surface area contributed by atoms with Crippen molar-refractivity contribution in [1.29, 1.82) is 0 Å². The summed E-state index contributed by atoms with van der Waals surface area (Å²) < 4.78 is 39.2. The van der Waals surface area contributed by atoms with Crippen LogP contribution in [0.1, 0.15) is 19.8 Å². The molecule has 0 saturated carbocycles. The minimum Gasteiger partial charge on any atom is -0.358 e. The maximum Gasteiger partial charge on any atom is 0.408 e. The molecule has 25 heavy (non-hydrogen) atoms. The fourth-order valence-electron chi connectivity index (χ4n) is 3.03. The van der Waals surface area contributed by atoms with E-state index in [2.05, 4.69) is 15.3 Å². The number of carbonyl (C=O) groups excluding carboxylic acids is 1. The smallest absolute Gasteiger partial charge is 0.358 e. The Labute approximate surface area is 147 Å². The lowest BCUT2D eigenvalue weighted by atomic mass is 10.2. The quantitative estimate of drug-likeness (QED) is 0.893. The molecule has 0 spiro atoms. The molecule has 1 saturated heterocycles. The molecule has 0 bridgehead atoms. The minimum atomic E-state index is -4.41. The Morgan fingerprint density at radius 1 is 1.40 bits per heavy atom. The molecule has 5 nitrogen and oxygen atoms in total. The molecular weight excluding hydrogens is 357 g/mol. The van der Waals surface area contributed by atoms with Gasteiger partial charge in [-0.05, 0) is 38.0 Å². The third-order valence-corrected chi connectivity index (χ3v) is 4.47. The van der Waals surface area contributed by atoms with Crippen LogP contribution < -0.4 is 5.32 Å². The van der Waals surface area contributed by atoms with E-state index < -0.39 is 24.2 Å². The summed E-state index contributed by atoms with van der Waals surface area (Å²) in [7, 11) is 0. The first-order chi connectivity index (χ1) is 11.8. The summed E-state index contributed by atoms with van der Waals surface area (Å²) in [5.41, 5.74) is 0.582. The summed E-state index contributed by atoms with van der Waals surface area (Å²) in [6, 6.07) is 2.44. The van der Waals surface area contributed by atoms with Gasteiger partial charge >= 0.3 is 6.18 Å². The largest absolute Gasteiger partial charge is 0.408 e. The molecule has 1 aliphatic rings. The van der Waals surface area contributed by atoms with Crippen molar-refractivity contribution in [3.8, 4) is 0 Å². The topological polar surface area (TPSA) is 58.1 Å². The zero-order valence-electron chi connectivity index (χ0n) is 13.3. The molecule has 1 fully saturated rings. The van der Waals surface area contributed by atoms with Gasteiger partial charge in [-0.25, -0.2) is 9.97 Å². The Morgan fingerprint density at radius 2 is 2.16 bits per heavy atom. The number of benzene rings is 1. The van der Waals surface area contributed by atoms with E-state index in [0.717, 1.165) is 4.90 Å². The normalized spacial score (nSPS) is 19.2. The summed E-state index contributed by atoms with van der Waals surface area (Å²) >= 11 is 5.92. The van der Waals surface area contributed by atoms with Crippen molar-refractivity contribution in [1.82, 2.24) is 14.9 Å². The third kappa shape index (κ3) is 3.63. The second kappa shape index (κ2) is 6.67. The predicted octanol–water partition coefficient (Wildman–Crippen LogP) is 3.64. The van der Waals surface area contributed by atoms with Crippen LogP contribution in [0.15, 0.2) is 24.5 Å². The van der Waals surface area contributed by atoms with Crippen molar-refractivity contribution < 1.29 is 18.0 Å². The van der Waals surface area contributed by atoms with Gasteiger partial charge in [0, 0.05) is 17.0 Å². The Kier molecular flexibility index (Phi) is 4.73. The van der Waals surface area contributed by atoms with Crippen molar-refractivity contribution in [3.05, 3.63) is 29.5 Å². The lowest BCUT2D eigenvalue weighted by Gasteiger charge is -2.29. The highest BCUT2D eigenvalue weighted by Crippen LogP contribution is 2.33. The molecule has 1 aromatic heterocycles. The maximum absolute atomic E-state index is 13.1. The number of aromatic nitrogens is 2. The van der Waals surface area contributed by atoms with Gasteiger partial charge in [0.1, 0.15) is 24.2 Å². The number of fused-ring (bicyclic) bond motifs is 1. The van der Waals surface area contributed by atoms with E-state index in [-0.39, 0.29) is 13.0 Å². The lowest BCUT2D eigenvalue weighted by Crippen LogP contribution is -2.49. The number of carbonyl (C=O) groups is 1. The number of halogens is 4. The van der Waals surface area contributed by atoms with Gasteiger partial charge < -0.3 is 10.2 Å². The highest BCUT2D eigenvalue weighted by molar-refractivity contribution is 6.31. The molecule has 2 aromatic rings. The van der Waals surface area contributed by atoms with E-state index in [1.165, 1.54) is 13.3 Å². The fourth-order valence-corrected chi connectivity index (χ4v) is 3.20. The average molecular weight is 373 g/mol. The van der Waals surface area contributed by atoms with Gasteiger partial charge in [0.05, 0.1) is 5.52 Å². The number of nitrogens with zero attached hydrogens (tertiary/aromatic N) is 3. The highest BCUT2D eigenvalue weighted by atomic mass is 35.5. The molecule has 1 aliphatic heterocycles. The number of alkyl halides is 3. The van der Waals surface area contributed by atoms with Gasteiger partial charge in [-0.3, -0.25) is 4.79 Å². The van der Waals surface area contributed by atoms with E-state index >= 15 is 0 Å². The molecule has 2 atom stereocenters. The van der Waals surface area contributed by atoms with Crippen molar-refractivity contribution in [2.45, 2.75) is 38.0 Å². The molecule has 1 unspecified atom stereocenters. The zero-order chi connectivity index (χ0) is 18.2. The Morgan fingerprint density at radius 3 is 2.88 bits per heavy atom. The summed E-state index contributed by atoms with van der Waals surface area (Å²) in [4.78, 5) is 21.6. The van der Waals surface area contributed by atoms with Gasteiger partial charge in [-0.1, -0.05) is 11.6 Å². The third-order valence-electron chi connectivity index (χ3n) is 4.24. The number of rotatable bonds is 3. The monoisotopic (exact) mass is 372 g/mol. The van der Waals surface area contributed by atoms with Crippen LogP contribution >= 0.6 is 11.6 Å². The van der Waals surface area contributed by atoms with Gasteiger partial charge in [0.2, 0.25) is 5.91 Å². The average Bonchev–Trinajstić information content (AvgIpc) is 3.03. The molecular formula is C16H16ClF3N4O. The number of likely N-dealkylation sites (tertiary alicyclic amines) is 1. The molecule has 1 N–H and O–H groups in total. The van der Waals surface area contributed by atoms with Gasteiger partial charge in [-0.2, -0.15) is 13.2 Å². The van der Waals surface area contributed by atoms with Crippen LogP contribution in [0.4, 0.5) is 19.0 Å². The second-order valence-corrected chi connectivity index (χ2v) is 6.42. The number of hydrogen-bond donors (Lipinski definition) is 1. The lowest BCUT2D eigenvalue weighted by molar-refractivity contribution is -0.182. The van der Waals surface area contributed by atoms with Crippen LogP contribution in [-0.2, 0) is 4.79 Å². The molecule has 1 amide bonds.